The number of carbonyl (C=O) groups excluding carboxylic acids is 1. The molecule has 0 bridgehead atoms. The van der Waals surface area contributed by atoms with Gasteiger partial charge in [-0.1, -0.05) is 0 Å². The number of rotatable bonds is 4. The summed E-state index contributed by atoms with van der Waals surface area (Å²) < 4.78 is 6.94. The summed E-state index contributed by atoms with van der Waals surface area (Å²) in [6.45, 7) is 0. The lowest BCUT2D eigenvalue weighted by atomic mass is 10.1. The number of ketones is 1. The van der Waals surface area contributed by atoms with Crippen LogP contribution in [0.3, 0.4) is 0 Å². The third kappa shape index (κ3) is 1.57. The van der Waals surface area contributed by atoms with Crippen LogP contribution in [0.15, 0.2) is 12.4 Å². The molecule has 0 aliphatic heterocycles. The van der Waals surface area contributed by atoms with Crippen LogP contribution in [0, 0.1) is 5.92 Å². The molecule has 0 spiro atoms. The van der Waals surface area contributed by atoms with Crippen LogP contribution >= 0.6 is 0 Å². The van der Waals surface area contributed by atoms with E-state index in [-0.39, 0.29) is 11.9 Å². The Hall–Kier alpha value is -1.16. The Kier molecular flexibility index (Phi) is 2.37. The zero-order chi connectivity index (χ0) is 10.1. The normalized spacial score (nSPS) is 18.1. The van der Waals surface area contributed by atoms with Crippen molar-refractivity contribution in [3.05, 3.63) is 18.2 Å². The summed E-state index contributed by atoms with van der Waals surface area (Å²) >= 11 is 0. The predicted octanol–water partition coefficient (Wildman–Crippen LogP) is 1.03. The standard InChI is InChI=1S/C10H14N2O2/c1-12-6-5-11-10(12)8(13)9(14-2)7-3-4-7/h5-7,9H,3-4H2,1-2H3. The first-order chi connectivity index (χ1) is 6.74. The van der Waals surface area contributed by atoms with Crippen molar-refractivity contribution >= 4 is 5.78 Å². The van der Waals surface area contributed by atoms with Gasteiger partial charge in [0.25, 0.3) is 0 Å². The minimum atomic E-state index is -0.295. The number of hydrogen-bond acceptors (Lipinski definition) is 3. The fraction of sp³-hybridized carbons (Fsp3) is 0.600. The minimum Gasteiger partial charge on any atom is -0.373 e. The van der Waals surface area contributed by atoms with Crippen molar-refractivity contribution in [2.45, 2.75) is 18.9 Å². The van der Waals surface area contributed by atoms with Crippen molar-refractivity contribution in [1.29, 1.82) is 0 Å². The molecule has 0 amide bonds. The van der Waals surface area contributed by atoms with Crippen LogP contribution in [0.25, 0.3) is 0 Å². The van der Waals surface area contributed by atoms with Crippen LogP contribution in [-0.2, 0) is 11.8 Å². The van der Waals surface area contributed by atoms with Gasteiger partial charge in [0.05, 0.1) is 0 Å². The molecule has 0 aromatic carbocycles. The van der Waals surface area contributed by atoms with Gasteiger partial charge in [0.1, 0.15) is 6.10 Å². The van der Waals surface area contributed by atoms with Gasteiger partial charge in [-0.2, -0.15) is 0 Å². The highest BCUT2D eigenvalue weighted by atomic mass is 16.5. The molecule has 1 aliphatic rings. The number of aryl methyl sites for hydroxylation is 1. The minimum absolute atomic E-state index is 0.00231. The van der Waals surface area contributed by atoms with E-state index in [0.29, 0.717) is 11.7 Å². The largest absolute Gasteiger partial charge is 0.373 e. The van der Waals surface area contributed by atoms with E-state index in [2.05, 4.69) is 4.98 Å². The maximum Gasteiger partial charge on any atom is 0.227 e. The molecule has 14 heavy (non-hydrogen) atoms. The Morgan fingerprint density at radius 2 is 2.43 bits per heavy atom. The van der Waals surface area contributed by atoms with E-state index < -0.39 is 0 Å². The van der Waals surface area contributed by atoms with Crippen molar-refractivity contribution in [3.8, 4) is 0 Å². The van der Waals surface area contributed by atoms with Gasteiger partial charge < -0.3 is 9.30 Å². The monoisotopic (exact) mass is 194 g/mol. The first kappa shape index (κ1) is 9.40. The number of carbonyl (C=O) groups is 1. The van der Waals surface area contributed by atoms with Gasteiger partial charge in [-0.05, 0) is 18.8 Å². The zero-order valence-corrected chi connectivity index (χ0v) is 8.43. The molecular weight excluding hydrogens is 180 g/mol. The molecule has 2 rings (SSSR count). The Labute approximate surface area is 82.9 Å². The zero-order valence-electron chi connectivity index (χ0n) is 8.43. The van der Waals surface area contributed by atoms with Crippen LogP contribution in [0.4, 0.5) is 0 Å². The van der Waals surface area contributed by atoms with E-state index in [0.717, 1.165) is 12.8 Å². The number of ether oxygens (including phenoxy) is 1. The predicted molar refractivity (Wildman–Crippen MR) is 51.1 cm³/mol. The first-order valence-electron chi connectivity index (χ1n) is 4.78. The SMILES string of the molecule is COC(C(=O)c1nccn1C)C1CC1. The molecule has 1 fully saturated rings. The molecule has 0 N–H and O–H groups in total. The molecule has 0 saturated heterocycles. The highest BCUT2D eigenvalue weighted by Gasteiger charge is 2.37. The van der Waals surface area contributed by atoms with E-state index in [1.807, 2.05) is 7.05 Å². The van der Waals surface area contributed by atoms with E-state index in [4.69, 9.17) is 4.74 Å². The van der Waals surface area contributed by atoms with E-state index >= 15 is 0 Å². The molecule has 1 unspecified atom stereocenters. The van der Waals surface area contributed by atoms with Gasteiger partial charge in [0.15, 0.2) is 5.82 Å². The van der Waals surface area contributed by atoms with E-state index in [1.54, 1.807) is 24.1 Å². The molecule has 1 aliphatic carbocycles. The second kappa shape index (κ2) is 3.53. The molecule has 1 saturated carbocycles. The van der Waals surface area contributed by atoms with Crippen LogP contribution in [0.1, 0.15) is 23.5 Å². The molecular formula is C10H14N2O2. The lowest BCUT2D eigenvalue weighted by molar-refractivity contribution is 0.0526. The molecule has 76 valence electrons. The summed E-state index contributed by atoms with van der Waals surface area (Å²) in [5, 5.41) is 0. The third-order valence-electron chi connectivity index (χ3n) is 2.60. The van der Waals surface area contributed by atoms with Gasteiger partial charge in [-0.15, -0.1) is 0 Å². The lowest BCUT2D eigenvalue weighted by Crippen LogP contribution is -2.27. The third-order valence-corrected chi connectivity index (χ3v) is 2.60. The molecule has 1 aromatic heterocycles. The number of imidazole rings is 1. The van der Waals surface area contributed by atoms with Crippen LogP contribution in [0.5, 0.6) is 0 Å². The van der Waals surface area contributed by atoms with Crippen molar-refractivity contribution in [2.75, 3.05) is 7.11 Å². The van der Waals surface area contributed by atoms with Gasteiger partial charge in [-0.3, -0.25) is 4.79 Å². The summed E-state index contributed by atoms with van der Waals surface area (Å²) in [7, 11) is 3.41. The number of Topliss-reactive ketones (excluding diaryl/α,β-unsaturated/α-hetero) is 1. The van der Waals surface area contributed by atoms with Gasteiger partial charge >= 0.3 is 0 Å². The average molecular weight is 194 g/mol. The quantitative estimate of drug-likeness (QED) is 0.672. The van der Waals surface area contributed by atoms with Crippen molar-refractivity contribution in [2.24, 2.45) is 13.0 Å². The second-order valence-electron chi connectivity index (χ2n) is 3.72. The summed E-state index contributed by atoms with van der Waals surface area (Å²) in [5.74, 6) is 0.899. The Bertz CT molecular complexity index is 342. The summed E-state index contributed by atoms with van der Waals surface area (Å²) in [4.78, 5) is 16.0. The summed E-state index contributed by atoms with van der Waals surface area (Å²) in [6, 6.07) is 0. The maximum absolute atomic E-state index is 11.9. The summed E-state index contributed by atoms with van der Waals surface area (Å²) in [6.07, 6.45) is 5.29. The van der Waals surface area contributed by atoms with Gasteiger partial charge in [0.2, 0.25) is 5.78 Å². The Morgan fingerprint density at radius 1 is 1.71 bits per heavy atom. The molecule has 0 radical (unpaired) electrons. The first-order valence-corrected chi connectivity index (χ1v) is 4.78. The second-order valence-corrected chi connectivity index (χ2v) is 3.72. The fourth-order valence-electron chi connectivity index (χ4n) is 1.64. The molecule has 4 heteroatoms. The fourth-order valence-corrected chi connectivity index (χ4v) is 1.64. The van der Waals surface area contributed by atoms with Crippen molar-refractivity contribution in [3.63, 3.8) is 0 Å². The van der Waals surface area contributed by atoms with E-state index in [9.17, 15) is 4.79 Å². The van der Waals surface area contributed by atoms with Crippen LogP contribution in [0.2, 0.25) is 0 Å². The number of hydrogen-bond donors (Lipinski definition) is 0. The Morgan fingerprint density at radius 3 is 2.86 bits per heavy atom. The summed E-state index contributed by atoms with van der Waals surface area (Å²) in [5.41, 5.74) is 0. The molecule has 1 aromatic rings. The van der Waals surface area contributed by atoms with E-state index in [1.165, 1.54) is 0 Å². The van der Waals surface area contributed by atoms with Gasteiger partial charge in [0, 0.05) is 26.6 Å². The highest BCUT2D eigenvalue weighted by molar-refractivity contribution is 5.96. The number of aromatic nitrogens is 2. The lowest BCUT2D eigenvalue weighted by Gasteiger charge is -2.12. The smallest absolute Gasteiger partial charge is 0.227 e. The molecule has 1 atom stereocenters. The van der Waals surface area contributed by atoms with Crippen molar-refractivity contribution in [1.82, 2.24) is 9.55 Å². The molecule has 4 nitrogen and oxygen atoms in total. The highest BCUT2D eigenvalue weighted by Crippen LogP contribution is 2.35. The number of methoxy groups -OCH3 is 1. The Balaban J connectivity index is 2.17. The van der Waals surface area contributed by atoms with Crippen molar-refractivity contribution < 1.29 is 9.53 Å². The number of nitrogens with zero attached hydrogens (tertiary/aromatic N) is 2. The topological polar surface area (TPSA) is 44.1 Å². The van der Waals surface area contributed by atoms with Crippen LogP contribution in [-0.4, -0.2) is 28.5 Å². The molecule has 1 heterocycles. The van der Waals surface area contributed by atoms with Crippen LogP contribution < -0.4 is 0 Å². The maximum atomic E-state index is 11.9. The average Bonchev–Trinajstić information content (AvgIpc) is 2.90. The van der Waals surface area contributed by atoms with Gasteiger partial charge in [-0.25, -0.2) is 4.98 Å².